The Morgan fingerprint density at radius 1 is 1.08 bits per heavy atom. The van der Waals surface area contributed by atoms with E-state index in [0.717, 1.165) is 36.1 Å². The molecule has 1 saturated heterocycles. The average molecular weight is 371 g/mol. The molecule has 1 aromatic carbocycles. The second-order valence-corrected chi connectivity index (χ2v) is 8.58. The zero-order valence-corrected chi connectivity index (χ0v) is 16.2. The van der Waals surface area contributed by atoms with Crippen LogP contribution in [0.2, 0.25) is 0 Å². The van der Waals surface area contributed by atoms with E-state index in [2.05, 4.69) is 59.6 Å². The molecular weight excluding hydrogens is 348 g/mol. The molecule has 0 bridgehead atoms. The molecule has 2 aromatic heterocycles. The van der Waals surface area contributed by atoms with Crippen molar-refractivity contribution in [3.8, 4) is 11.1 Å². The van der Waals surface area contributed by atoms with Gasteiger partial charge >= 0.3 is 0 Å². The normalized spacial score (nSPS) is 15.2. The largest absolute Gasteiger partial charge is 0.354 e. The number of aromatic nitrogens is 2. The maximum atomic E-state index is 4.99. The van der Waals surface area contributed by atoms with Crippen LogP contribution in [0.1, 0.15) is 5.82 Å². The van der Waals surface area contributed by atoms with Crippen molar-refractivity contribution in [1.82, 2.24) is 14.9 Å². The van der Waals surface area contributed by atoms with E-state index < -0.39 is 0 Å². The first-order valence-corrected chi connectivity index (χ1v) is 10.6. The Labute approximate surface area is 156 Å². The van der Waals surface area contributed by atoms with E-state index in [4.69, 9.17) is 9.97 Å². The summed E-state index contributed by atoms with van der Waals surface area (Å²) < 4.78 is 0. The minimum absolute atomic E-state index is 0.768. The first kappa shape index (κ1) is 16.8. The van der Waals surface area contributed by atoms with Crippen LogP contribution < -0.4 is 4.90 Å². The highest BCUT2D eigenvalue weighted by Crippen LogP contribution is 2.38. The molecule has 0 amide bonds. The molecule has 0 unspecified atom stereocenters. The fraction of sp³-hybridized carbons (Fsp3) is 0.368. The molecule has 1 aliphatic heterocycles. The Morgan fingerprint density at radius 3 is 2.56 bits per heavy atom. The van der Waals surface area contributed by atoms with Crippen molar-refractivity contribution in [1.29, 1.82) is 0 Å². The van der Waals surface area contributed by atoms with Crippen molar-refractivity contribution in [2.75, 3.05) is 43.6 Å². The van der Waals surface area contributed by atoms with Crippen molar-refractivity contribution in [2.45, 2.75) is 6.54 Å². The molecular formula is C19H22N4S2. The Bertz CT molecular complexity index is 854. The highest BCUT2D eigenvalue weighted by Gasteiger charge is 2.21. The number of hydrogen-bond donors (Lipinski definition) is 0. The molecule has 25 heavy (non-hydrogen) atoms. The summed E-state index contributed by atoms with van der Waals surface area (Å²) in [6.07, 6.45) is 0. The average Bonchev–Trinajstić information content (AvgIpc) is 3.06. The highest BCUT2D eigenvalue weighted by atomic mass is 32.2. The number of thiophene rings is 1. The number of anilines is 1. The van der Waals surface area contributed by atoms with Crippen LogP contribution >= 0.6 is 23.1 Å². The van der Waals surface area contributed by atoms with Gasteiger partial charge in [0.05, 0.1) is 11.9 Å². The molecule has 6 heteroatoms. The fourth-order valence-corrected chi connectivity index (χ4v) is 5.02. The summed E-state index contributed by atoms with van der Waals surface area (Å²) in [4.78, 5) is 15.5. The second-order valence-electron chi connectivity index (χ2n) is 6.50. The quantitative estimate of drug-likeness (QED) is 0.694. The van der Waals surface area contributed by atoms with Crippen LogP contribution in [0.3, 0.4) is 0 Å². The van der Waals surface area contributed by atoms with Crippen LogP contribution in [0.15, 0.2) is 35.7 Å². The minimum Gasteiger partial charge on any atom is -0.354 e. The zero-order valence-electron chi connectivity index (χ0n) is 14.6. The first-order valence-electron chi connectivity index (χ1n) is 8.53. The number of thioether (sulfide) groups is 1. The van der Waals surface area contributed by atoms with Gasteiger partial charge < -0.3 is 9.80 Å². The van der Waals surface area contributed by atoms with Crippen LogP contribution in [0.4, 0.5) is 5.82 Å². The van der Waals surface area contributed by atoms with E-state index in [0.29, 0.717) is 0 Å². The monoisotopic (exact) mass is 370 g/mol. The molecule has 130 valence electrons. The number of rotatable bonds is 4. The molecule has 0 spiro atoms. The predicted molar refractivity (Wildman–Crippen MR) is 110 cm³/mol. The molecule has 0 aliphatic carbocycles. The van der Waals surface area contributed by atoms with Gasteiger partial charge in [0.25, 0.3) is 0 Å². The lowest BCUT2D eigenvalue weighted by Gasteiger charge is -2.28. The standard InChI is InChI=1S/C19H22N4S2/c1-22(2)12-16-20-18(23-8-10-24-11-9-23)17-15(13-25-19(17)21-16)14-6-4-3-5-7-14/h3-7,13H,8-12H2,1-2H3. The third kappa shape index (κ3) is 3.52. The fourth-order valence-electron chi connectivity index (χ4n) is 3.15. The molecule has 3 aromatic rings. The summed E-state index contributed by atoms with van der Waals surface area (Å²) in [6.45, 7) is 2.88. The smallest absolute Gasteiger partial charge is 0.146 e. The van der Waals surface area contributed by atoms with E-state index in [-0.39, 0.29) is 0 Å². The van der Waals surface area contributed by atoms with Gasteiger partial charge in [0.15, 0.2) is 0 Å². The van der Waals surface area contributed by atoms with Gasteiger partial charge in [-0.2, -0.15) is 11.8 Å². The van der Waals surface area contributed by atoms with E-state index in [9.17, 15) is 0 Å². The van der Waals surface area contributed by atoms with Crippen molar-refractivity contribution in [3.05, 3.63) is 41.5 Å². The SMILES string of the molecule is CN(C)Cc1nc(N2CCSCC2)c2c(-c3ccccc3)csc2n1. The minimum atomic E-state index is 0.768. The summed E-state index contributed by atoms with van der Waals surface area (Å²) in [7, 11) is 4.13. The highest BCUT2D eigenvalue weighted by molar-refractivity contribution is 7.99. The van der Waals surface area contributed by atoms with Gasteiger partial charge in [0.2, 0.25) is 0 Å². The lowest BCUT2D eigenvalue weighted by Crippen LogP contribution is -2.33. The summed E-state index contributed by atoms with van der Waals surface area (Å²) in [6, 6.07) is 10.6. The van der Waals surface area contributed by atoms with Gasteiger partial charge in [0.1, 0.15) is 16.5 Å². The first-order chi connectivity index (χ1) is 12.2. The Hall–Kier alpha value is -1.63. The Kier molecular flexibility index (Phi) is 4.92. The number of nitrogens with zero attached hydrogens (tertiary/aromatic N) is 4. The van der Waals surface area contributed by atoms with Crippen LogP contribution in [0, 0.1) is 0 Å². The third-order valence-electron chi connectivity index (χ3n) is 4.31. The van der Waals surface area contributed by atoms with E-state index in [1.54, 1.807) is 11.3 Å². The van der Waals surface area contributed by atoms with Crippen LogP contribution in [0.25, 0.3) is 21.3 Å². The number of hydrogen-bond acceptors (Lipinski definition) is 6. The summed E-state index contributed by atoms with van der Waals surface area (Å²) >= 11 is 3.75. The topological polar surface area (TPSA) is 32.3 Å². The van der Waals surface area contributed by atoms with Crippen molar-refractivity contribution >= 4 is 39.1 Å². The molecule has 3 heterocycles. The Morgan fingerprint density at radius 2 is 1.84 bits per heavy atom. The van der Waals surface area contributed by atoms with Gasteiger partial charge in [-0.25, -0.2) is 9.97 Å². The summed E-state index contributed by atoms with van der Waals surface area (Å²) in [5, 5.41) is 3.45. The maximum absolute atomic E-state index is 4.99. The van der Waals surface area contributed by atoms with Gasteiger partial charge in [-0.1, -0.05) is 30.3 Å². The maximum Gasteiger partial charge on any atom is 0.146 e. The predicted octanol–water partition coefficient (Wildman–Crippen LogP) is 3.97. The zero-order chi connectivity index (χ0) is 17.2. The van der Waals surface area contributed by atoms with Crippen molar-refractivity contribution in [3.63, 3.8) is 0 Å². The molecule has 4 rings (SSSR count). The van der Waals surface area contributed by atoms with Crippen LogP contribution in [-0.2, 0) is 6.54 Å². The summed E-state index contributed by atoms with van der Waals surface area (Å²) in [5.74, 6) is 4.35. The van der Waals surface area contributed by atoms with Gasteiger partial charge in [-0.05, 0) is 19.7 Å². The molecule has 1 aliphatic rings. The van der Waals surface area contributed by atoms with Crippen molar-refractivity contribution in [2.24, 2.45) is 0 Å². The lowest BCUT2D eigenvalue weighted by molar-refractivity contribution is 0.391. The van der Waals surface area contributed by atoms with E-state index in [1.165, 1.54) is 28.0 Å². The number of benzene rings is 1. The number of fused-ring (bicyclic) bond motifs is 1. The molecule has 0 N–H and O–H groups in total. The Balaban J connectivity index is 1.88. The van der Waals surface area contributed by atoms with Crippen LogP contribution in [0.5, 0.6) is 0 Å². The molecule has 0 atom stereocenters. The van der Waals surface area contributed by atoms with Gasteiger partial charge in [-0.3, -0.25) is 0 Å². The van der Waals surface area contributed by atoms with E-state index in [1.807, 2.05) is 11.8 Å². The molecule has 1 fully saturated rings. The third-order valence-corrected chi connectivity index (χ3v) is 6.13. The van der Waals surface area contributed by atoms with Gasteiger partial charge in [0, 0.05) is 35.5 Å². The van der Waals surface area contributed by atoms with E-state index >= 15 is 0 Å². The lowest BCUT2D eigenvalue weighted by atomic mass is 10.1. The summed E-state index contributed by atoms with van der Waals surface area (Å²) in [5.41, 5.74) is 2.50. The molecule has 4 nitrogen and oxygen atoms in total. The second kappa shape index (κ2) is 7.32. The van der Waals surface area contributed by atoms with Gasteiger partial charge in [-0.15, -0.1) is 11.3 Å². The van der Waals surface area contributed by atoms with Crippen molar-refractivity contribution < 1.29 is 0 Å². The van der Waals surface area contributed by atoms with Crippen LogP contribution in [-0.4, -0.2) is 53.6 Å². The molecule has 0 radical (unpaired) electrons. The molecule has 0 saturated carbocycles.